The number of ether oxygens (including phenoxy) is 4. The quantitative estimate of drug-likeness (QED) is 0.380. The summed E-state index contributed by atoms with van der Waals surface area (Å²) in [7, 11) is 2.70. The number of nitrogens with zero attached hydrogens (tertiary/aromatic N) is 2. The Kier molecular flexibility index (Phi) is 6.83. The molecule has 0 fully saturated rings. The highest BCUT2D eigenvalue weighted by molar-refractivity contribution is 5.92. The van der Waals surface area contributed by atoms with E-state index in [0.29, 0.717) is 17.1 Å². The Morgan fingerprint density at radius 1 is 1.21 bits per heavy atom. The number of methoxy groups -OCH3 is 2. The molecule has 33 heavy (non-hydrogen) atoms. The second kappa shape index (κ2) is 9.74. The first-order valence-electron chi connectivity index (χ1n) is 9.71. The number of carbonyl (C=O) groups excluding carboxylic acids is 1. The number of nitriles is 1. The fourth-order valence-electron chi connectivity index (χ4n) is 3.45. The number of hydrogen-bond donors (Lipinski definition) is 1. The molecular weight excluding hydrogens is 430 g/mol. The number of carbonyl (C=O) groups is 1. The molecule has 1 aliphatic rings. The Bertz CT molecular complexity index is 1190. The van der Waals surface area contributed by atoms with Crippen LogP contribution in [0.15, 0.2) is 65.3 Å². The van der Waals surface area contributed by atoms with Gasteiger partial charge < -0.3 is 24.7 Å². The van der Waals surface area contributed by atoms with Crippen molar-refractivity contribution in [1.82, 2.24) is 0 Å². The van der Waals surface area contributed by atoms with Gasteiger partial charge >= 0.3 is 5.97 Å². The van der Waals surface area contributed by atoms with E-state index in [-0.39, 0.29) is 35.1 Å². The molecule has 0 aliphatic carbocycles. The Morgan fingerprint density at radius 2 is 1.91 bits per heavy atom. The summed E-state index contributed by atoms with van der Waals surface area (Å²) >= 11 is 0. The Labute approximate surface area is 189 Å². The van der Waals surface area contributed by atoms with Crippen molar-refractivity contribution < 1.29 is 28.7 Å². The van der Waals surface area contributed by atoms with Gasteiger partial charge in [-0.05, 0) is 42.3 Å². The van der Waals surface area contributed by atoms with Crippen LogP contribution in [0, 0.1) is 21.4 Å². The van der Waals surface area contributed by atoms with E-state index in [1.54, 1.807) is 37.3 Å². The van der Waals surface area contributed by atoms with Gasteiger partial charge in [0.2, 0.25) is 5.88 Å². The molecule has 1 heterocycles. The van der Waals surface area contributed by atoms with Crippen LogP contribution in [0.2, 0.25) is 0 Å². The van der Waals surface area contributed by atoms with E-state index in [4.69, 9.17) is 24.7 Å². The van der Waals surface area contributed by atoms with Crippen LogP contribution in [0.5, 0.6) is 11.5 Å². The lowest BCUT2D eigenvalue weighted by Gasteiger charge is -2.27. The molecule has 0 aromatic heterocycles. The first kappa shape index (κ1) is 23.1. The van der Waals surface area contributed by atoms with Crippen LogP contribution in [0.3, 0.4) is 0 Å². The molecule has 10 heteroatoms. The fraction of sp³-hybridized carbons (Fsp3) is 0.217. The number of esters is 1. The normalized spacial score (nSPS) is 15.4. The topological polar surface area (TPSA) is 147 Å². The summed E-state index contributed by atoms with van der Waals surface area (Å²) in [5.41, 5.74) is 7.40. The summed E-state index contributed by atoms with van der Waals surface area (Å²) in [6.07, 6.45) is 0. The zero-order valence-electron chi connectivity index (χ0n) is 18.2. The van der Waals surface area contributed by atoms with Crippen LogP contribution in [0.1, 0.15) is 24.0 Å². The standard InChI is InChI=1S/C23H21N3O7/c1-13-20(23(27)31-3)21(17(11-24)22(25)33-13)15-6-9-18(19(10-15)30-2)32-12-14-4-7-16(8-5-14)26(28)29/h4-10,21H,12,25H2,1-3H3/t21-/m1/s1. The van der Waals surface area contributed by atoms with Crippen molar-refractivity contribution in [2.75, 3.05) is 14.2 Å². The summed E-state index contributed by atoms with van der Waals surface area (Å²) in [6, 6.07) is 13.0. The molecule has 0 spiro atoms. The van der Waals surface area contributed by atoms with E-state index in [2.05, 4.69) is 0 Å². The molecule has 170 valence electrons. The number of non-ortho nitro benzene ring substituents is 1. The van der Waals surface area contributed by atoms with Gasteiger partial charge in [-0.1, -0.05) is 6.07 Å². The first-order chi connectivity index (χ1) is 15.8. The number of allylic oxidation sites excluding steroid dienone is 2. The lowest BCUT2D eigenvalue weighted by molar-refractivity contribution is -0.384. The molecule has 3 rings (SSSR count). The van der Waals surface area contributed by atoms with Crippen molar-refractivity contribution in [2.24, 2.45) is 5.73 Å². The van der Waals surface area contributed by atoms with Gasteiger partial charge in [0.15, 0.2) is 11.5 Å². The van der Waals surface area contributed by atoms with E-state index in [0.717, 1.165) is 5.56 Å². The van der Waals surface area contributed by atoms with Gasteiger partial charge in [0.25, 0.3) is 5.69 Å². The number of rotatable bonds is 7. The summed E-state index contributed by atoms with van der Waals surface area (Å²) < 4.78 is 21.5. The molecular formula is C23H21N3O7. The van der Waals surface area contributed by atoms with E-state index in [9.17, 15) is 20.2 Å². The largest absolute Gasteiger partial charge is 0.493 e. The predicted octanol–water partition coefficient (Wildman–Crippen LogP) is 3.44. The fourth-order valence-corrected chi connectivity index (χ4v) is 3.45. The highest BCUT2D eigenvalue weighted by Gasteiger charge is 2.36. The van der Waals surface area contributed by atoms with Crippen LogP contribution >= 0.6 is 0 Å². The van der Waals surface area contributed by atoms with Gasteiger partial charge in [-0.25, -0.2) is 4.79 Å². The number of nitro groups is 1. The van der Waals surface area contributed by atoms with Crippen molar-refractivity contribution in [3.63, 3.8) is 0 Å². The van der Waals surface area contributed by atoms with Crippen molar-refractivity contribution in [3.05, 3.63) is 86.5 Å². The molecule has 0 unspecified atom stereocenters. The summed E-state index contributed by atoms with van der Waals surface area (Å²) in [5, 5.41) is 20.5. The Morgan fingerprint density at radius 3 is 2.48 bits per heavy atom. The lowest BCUT2D eigenvalue weighted by atomic mass is 9.83. The maximum Gasteiger partial charge on any atom is 0.338 e. The molecule has 10 nitrogen and oxygen atoms in total. The van der Waals surface area contributed by atoms with Crippen LogP contribution < -0.4 is 15.2 Å². The zero-order chi connectivity index (χ0) is 24.1. The molecule has 1 aliphatic heterocycles. The lowest BCUT2D eigenvalue weighted by Crippen LogP contribution is -2.25. The van der Waals surface area contributed by atoms with Crippen LogP contribution in [-0.4, -0.2) is 25.1 Å². The third kappa shape index (κ3) is 4.72. The molecule has 2 N–H and O–H groups in total. The zero-order valence-corrected chi connectivity index (χ0v) is 18.2. The third-order valence-electron chi connectivity index (χ3n) is 5.07. The van der Waals surface area contributed by atoms with E-state index in [1.165, 1.54) is 26.4 Å². The summed E-state index contributed by atoms with van der Waals surface area (Å²) in [6.45, 7) is 1.72. The number of hydrogen-bond acceptors (Lipinski definition) is 9. The highest BCUT2D eigenvalue weighted by Crippen LogP contribution is 2.42. The minimum Gasteiger partial charge on any atom is -0.493 e. The molecule has 0 amide bonds. The smallest absolute Gasteiger partial charge is 0.338 e. The van der Waals surface area contributed by atoms with Gasteiger partial charge in [-0.3, -0.25) is 10.1 Å². The SMILES string of the molecule is COC(=O)C1=C(C)OC(N)=C(C#N)[C@H]1c1ccc(OCc2ccc([N+](=O)[O-])cc2)c(OC)c1. The molecule has 0 saturated heterocycles. The average Bonchev–Trinajstić information content (AvgIpc) is 2.82. The molecule has 2 aromatic carbocycles. The van der Waals surface area contributed by atoms with E-state index in [1.807, 2.05) is 6.07 Å². The first-order valence-corrected chi connectivity index (χ1v) is 9.71. The van der Waals surface area contributed by atoms with Gasteiger partial charge in [-0.15, -0.1) is 0 Å². The van der Waals surface area contributed by atoms with E-state index < -0.39 is 16.8 Å². The van der Waals surface area contributed by atoms with E-state index >= 15 is 0 Å². The van der Waals surface area contributed by atoms with Crippen molar-refractivity contribution in [3.8, 4) is 17.6 Å². The number of nitro benzene ring substituents is 1. The third-order valence-corrected chi connectivity index (χ3v) is 5.07. The van der Waals surface area contributed by atoms with Crippen LogP contribution in [-0.2, 0) is 20.9 Å². The second-order valence-corrected chi connectivity index (χ2v) is 7.01. The number of benzene rings is 2. The molecule has 2 aromatic rings. The second-order valence-electron chi connectivity index (χ2n) is 7.01. The highest BCUT2D eigenvalue weighted by atomic mass is 16.6. The summed E-state index contributed by atoms with van der Waals surface area (Å²) in [4.78, 5) is 22.8. The molecule has 0 saturated carbocycles. The minimum atomic E-state index is -0.811. The minimum absolute atomic E-state index is 0.0115. The predicted molar refractivity (Wildman–Crippen MR) is 116 cm³/mol. The number of nitrogens with two attached hydrogens (primary N) is 1. The molecule has 0 bridgehead atoms. The maximum absolute atomic E-state index is 12.4. The summed E-state index contributed by atoms with van der Waals surface area (Å²) in [5.74, 6) is -0.545. The van der Waals surface area contributed by atoms with Crippen molar-refractivity contribution in [1.29, 1.82) is 5.26 Å². The maximum atomic E-state index is 12.4. The van der Waals surface area contributed by atoms with Crippen LogP contribution in [0.25, 0.3) is 0 Å². The Balaban J connectivity index is 1.93. The van der Waals surface area contributed by atoms with Gasteiger partial charge in [0.1, 0.15) is 24.0 Å². The van der Waals surface area contributed by atoms with Crippen LogP contribution in [0.4, 0.5) is 5.69 Å². The van der Waals surface area contributed by atoms with Gasteiger partial charge in [0.05, 0.1) is 30.6 Å². The average molecular weight is 451 g/mol. The molecule has 1 atom stereocenters. The van der Waals surface area contributed by atoms with Crippen molar-refractivity contribution in [2.45, 2.75) is 19.4 Å². The van der Waals surface area contributed by atoms with Gasteiger partial charge in [0, 0.05) is 12.1 Å². The van der Waals surface area contributed by atoms with Crippen molar-refractivity contribution >= 4 is 11.7 Å². The van der Waals surface area contributed by atoms with Gasteiger partial charge in [-0.2, -0.15) is 5.26 Å². The monoisotopic (exact) mass is 451 g/mol. The Hall–Kier alpha value is -4.52. The molecule has 0 radical (unpaired) electrons.